The SMILES string of the molecule is COC(=O)C1=C(C(=O)OC)C2=C(/C=C/c3ccc(OC)cc3)C=CC(C(C)C)=CC2=C(C)C=C1. The zero-order chi connectivity index (χ0) is 24.8. The lowest BCUT2D eigenvalue weighted by Crippen LogP contribution is -2.16. The molecule has 176 valence electrons. The van der Waals surface area contributed by atoms with Gasteiger partial charge in [0, 0.05) is 5.57 Å². The molecule has 1 aromatic carbocycles. The molecule has 0 amide bonds. The minimum atomic E-state index is -0.600. The average molecular weight is 459 g/mol. The number of methoxy groups -OCH3 is 3. The number of ether oxygens (including phenoxy) is 3. The molecule has 0 aromatic heterocycles. The molecule has 0 heterocycles. The third-order valence-corrected chi connectivity index (χ3v) is 5.80. The Bertz CT molecular complexity index is 1200. The van der Waals surface area contributed by atoms with Gasteiger partial charge in [0.2, 0.25) is 0 Å². The predicted octanol–water partition coefficient (Wildman–Crippen LogP) is 5.69. The number of hydrogen-bond donors (Lipinski definition) is 0. The highest BCUT2D eigenvalue weighted by molar-refractivity contribution is 6.07. The van der Waals surface area contributed by atoms with Crippen LogP contribution in [-0.2, 0) is 19.1 Å². The maximum atomic E-state index is 13.1. The maximum Gasteiger partial charge on any atom is 0.339 e. The monoisotopic (exact) mass is 458 g/mol. The molecule has 0 saturated carbocycles. The number of allylic oxidation sites excluding steroid dienone is 9. The van der Waals surface area contributed by atoms with Crippen LogP contribution in [0.3, 0.4) is 0 Å². The maximum absolute atomic E-state index is 13.1. The van der Waals surface area contributed by atoms with Gasteiger partial charge in [-0.3, -0.25) is 0 Å². The van der Waals surface area contributed by atoms with Crippen molar-refractivity contribution >= 4 is 18.0 Å². The zero-order valence-electron chi connectivity index (χ0n) is 20.5. The highest BCUT2D eigenvalue weighted by atomic mass is 16.5. The third kappa shape index (κ3) is 5.20. The van der Waals surface area contributed by atoms with E-state index in [1.165, 1.54) is 14.2 Å². The van der Waals surface area contributed by atoms with Gasteiger partial charge in [0.15, 0.2) is 0 Å². The largest absolute Gasteiger partial charge is 0.497 e. The fraction of sp³-hybridized carbons (Fsp3) is 0.241. The van der Waals surface area contributed by atoms with Crippen molar-refractivity contribution in [2.75, 3.05) is 21.3 Å². The topological polar surface area (TPSA) is 61.8 Å². The van der Waals surface area contributed by atoms with Gasteiger partial charge < -0.3 is 14.2 Å². The van der Waals surface area contributed by atoms with Crippen LogP contribution in [0.4, 0.5) is 0 Å². The summed E-state index contributed by atoms with van der Waals surface area (Å²) < 4.78 is 15.4. The molecule has 0 bridgehead atoms. The Balaban J connectivity index is 2.32. The molecule has 2 aliphatic carbocycles. The van der Waals surface area contributed by atoms with Crippen LogP contribution in [-0.4, -0.2) is 33.3 Å². The van der Waals surface area contributed by atoms with Gasteiger partial charge in [-0.2, -0.15) is 0 Å². The molecular formula is C29H30O5. The molecule has 34 heavy (non-hydrogen) atoms. The van der Waals surface area contributed by atoms with Gasteiger partial charge in [-0.25, -0.2) is 9.59 Å². The summed E-state index contributed by atoms with van der Waals surface area (Å²) in [4.78, 5) is 25.8. The van der Waals surface area contributed by atoms with E-state index in [4.69, 9.17) is 14.2 Å². The summed E-state index contributed by atoms with van der Waals surface area (Å²) in [5.41, 5.74) is 5.61. The molecule has 3 rings (SSSR count). The first-order valence-electron chi connectivity index (χ1n) is 11.1. The minimum Gasteiger partial charge on any atom is -0.497 e. The number of carbonyl (C=O) groups excluding carboxylic acids is 2. The van der Waals surface area contributed by atoms with Crippen molar-refractivity contribution in [3.8, 4) is 5.75 Å². The normalized spacial score (nSPS) is 15.9. The van der Waals surface area contributed by atoms with Gasteiger partial charge in [-0.15, -0.1) is 0 Å². The summed E-state index contributed by atoms with van der Waals surface area (Å²) in [6.45, 7) is 6.20. The first kappa shape index (κ1) is 24.8. The second kappa shape index (κ2) is 10.8. The summed E-state index contributed by atoms with van der Waals surface area (Å²) in [7, 11) is 4.24. The Morgan fingerprint density at radius 3 is 2.12 bits per heavy atom. The molecule has 0 fully saturated rings. The third-order valence-electron chi connectivity index (χ3n) is 5.80. The van der Waals surface area contributed by atoms with Gasteiger partial charge in [-0.05, 0) is 58.9 Å². The van der Waals surface area contributed by atoms with Crippen molar-refractivity contribution in [3.63, 3.8) is 0 Å². The number of rotatable bonds is 6. The van der Waals surface area contributed by atoms with Crippen molar-refractivity contribution in [2.45, 2.75) is 20.8 Å². The average Bonchev–Trinajstić information content (AvgIpc) is 3.12. The molecule has 5 heteroatoms. The van der Waals surface area contributed by atoms with Gasteiger partial charge in [0.1, 0.15) is 5.75 Å². The van der Waals surface area contributed by atoms with Crippen LogP contribution in [0.1, 0.15) is 26.3 Å². The lowest BCUT2D eigenvalue weighted by Gasteiger charge is -2.17. The quantitative estimate of drug-likeness (QED) is 0.513. The molecule has 0 unspecified atom stereocenters. The van der Waals surface area contributed by atoms with E-state index in [0.717, 1.165) is 33.6 Å². The van der Waals surface area contributed by atoms with E-state index >= 15 is 0 Å². The molecule has 0 saturated heterocycles. The minimum absolute atomic E-state index is 0.156. The van der Waals surface area contributed by atoms with E-state index < -0.39 is 11.9 Å². The van der Waals surface area contributed by atoms with E-state index in [9.17, 15) is 9.59 Å². The molecule has 2 aliphatic rings. The summed E-state index contributed by atoms with van der Waals surface area (Å²) in [5.74, 6) is -0.162. The Labute approximate surface area is 201 Å². The molecule has 5 nitrogen and oxygen atoms in total. The smallest absolute Gasteiger partial charge is 0.339 e. The second-order valence-electron chi connectivity index (χ2n) is 8.27. The number of esters is 2. The standard InChI is InChI=1S/C29H30O5/c1-18(2)22-13-12-21(11-8-20-9-14-23(32-4)15-10-20)26-25(17-22)19(3)7-16-24(28(30)33-5)27(26)29(31)34-6/h7-18H,1-6H3/b11-8+. The molecule has 0 spiro atoms. The lowest BCUT2D eigenvalue weighted by atomic mass is 9.88. The van der Waals surface area contributed by atoms with Gasteiger partial charge in [0.05, 0.1) is 32.5 Å². The number of benzene rings is 1. The van der Waals surface area contributed by atoms with Crippen molar-refractivity contribution in [2.24, 2.45) is 5.92 Å². The molecule has 1 aromatic rings. The molecule has 0 atom stereocenters. The van der Waals surface area contributed by atoms with Crippen LogP contribution in [0.2, 0.25) is 0 Å². The van der Waals surface area contributed by atoms with Crippen LogP contribution in [0, 0.1) is 5.92 Å². The Morgan fingerprint density at radius 1 is 0.853 bits per heavy atom. The first-order chi connectivity index (χ1) is 16.3. The van der Waals surface area contributed by atoms with E-state index in [0.29, 0.717) is 5.57 Å². The zero-order valence-corrected chi connectivity index (χ0v) is 20.5. The van der Waals surface area contributed by atoms with Crippen molar-refractivity contribution in [1.29, 1.82) is 0 Å². The van der Waals surface area contributed by atoms with E-state index in [1.54, 1.807) is 13.2 Å². The molecular weight excluding hydrogens is 428 g/mol. The highest BCUT2D eigenvalue weighted by Gasteiger charge is 2.30. The summed E-state index contributed by atoms with van der Waals surface area (Å²) in [6.07, 6.45) is 13.5. The molecule has 0 radical (unpaired) electrons. The first-order valence-corrected chi connectivity index (χ1v) is 11.1. The van der Waals surface area contributed by atoms with Crippen LogP contribution in [0.5, 0.6) is 5.75 Å². The van der Waals surface area contributed by atoms with Crippen LogP contribution < -0.4 is 4.74 Å². The van der Waals surface area contributed by atoms with Gasteiger partial charge >= 0.3 is 11.9 Å². The van der Waals surface area contributed by atoms with Gasteiger partial charge in [0.25, 0.3) is 0 Å². The van der Waals surface area contributed by atoms with Crippen LogP contribution in [0.15, 0.2) is 99.7 Å². The number of fused-ring (bicyclic) bond motifs is 1. The van der Waals surface area contributed by atoms with E-state index in [2.05, 4.69) is 26.0 Å². The Kier molecular flexibility index (Phi) is 7.90. The van der Waals surface area contributed by atoms with Crippen molar-refractivity contribution in [3.05, 3.63) is 105 Å². The fourth-order valence-electron chi connectivity index (χ4n) is 3.81. The van der Waals surface area contributed by atoms with Gasteiger partial charge in [-0.1, -0.05) is 62.4 Å². The predicted molar refractivity (Wildman–Crippen MR) is 134 cm³/mol. The lowest BCUT2D eigenvalue weighted by molar-refractivity contribution is -0.138. The second-order valence-corrected chi connectivity index (χ2v) is 8.27. The summed E-state index contributed by atoms with van der Waals surface area (Å²) >= 11 is 0. The number of hydrogen-bond acceptors (Lipinski definition) is 5. The Morgan fingerprint density at radius 2 is 1.53 bits per heavy atom. The highest BCUT2D eigenvalue weighted by Crippen LogP contribution is 2.38. The van der Waals surface area contributed by atoms with Crippen LogP contribution in [0.25, 0.3) is 6.08 Å². The summed E-state index contributed by atoms with van der Waals surface area (Å²) in [6, 6.07) is 7.68. The van der Waals surface area contributed by atoms with E-state index in [-0.39, 0.29) is 17.1 Å². The molecule has 0 aliphatic heterocycles. The Hall–Kier alpha value is -3.86. The molecule has 0 N–H and O–H groups in total. The van der Waals surface area contributed by atoms with Crippen LogP contribution >= 0.6 is 0 Å². The van der Waals surface area contributed by atoms with Crippen molar-refractivity contribution in [1.82, 2.24) is 0 Å². The van der Waals surface area contributed by atoms with E-state index in [1.807, 2.05) is 55.5 Å². The number of carbonyl (C=O) groups is 2. The summed E-state index contributed by atoms with van der Waals surface area (Å²) in [5, 5.41) is 0. The fourth-order valence-corrected chi connectivity index (χ4v) is 3.81. The van der Waals surface area contributed by atoms with Crippen molar-refractivity contribution < 1.29 is 23.8 Å².